The van der Waals surface area contributed by atoms with Crippen LogP contribution >= 0.6 is 0 Å². The molecule has 4 heterocycles. The van der Waals surface area contributed by atoms with Crippen LogP contribution in [0.1, 0.15) is 16.1 Å². The third kappa shape index (κ3) is 3.33. The number of imidazole rings is 1. The first-order valence-corrected chi connectivity index (χ1v) is 9.35. The van der Waals surface area contributed by atoms with E-state index in [-0.39, 0.29) is 5.71 Å². The van der Waals surface area contributed by atoms with Crippen molar-refractivity contribution in [3.8, 4) is 16.9 Å². The van der Waals surface area contributed by atoms with E-state index in [1.54, 1.807) is 66.2 Å². The number of hydrogen-bond acceptors (Lipinski definition) is 6. The molecule has 0 spiro atoms. The zero-order valence-corrected chi connectivity index (χ0v) is 16.6. The summed E-state index contributed by atoms with van der Waals surface area (Å²) < 4.78 is 23.1. The summed E-state index contributed by atoms with van der Waals surface area (Å²) in [6, 6.07) is 6.10. The van der Waals surface area contributed by atoms with Gasteiger partial charge in [0.25, 0.3) is 11.6 Å². The topological polar surface area (TPSA) is 104 Å². The van der Waals surface area contributed by atoms with E-state index in [1.165, 1.54) is 12.4 Å². The molecule has 0 unspecified atom stereocenters. The minimum Gasteiger partial charge on any atom is -0.335 e. The van der Waals surface area contributed by atoms with Gasteiger partial charge in [0.15, 0.2) is 0 Å². The second-order valence-corrected chi connectivity index (χ2v) is 7.00. The fourth-order valence-electron chi connectivity index (χ4n) is 3.37. The SMILES string of the molecule is Cc1noc2nc(-c3cnn(C)c3)cc(C(=O)Nc3ccc(-n4ccnc4)c(F)c3)c12. The van der Waals surface area contributed by atoms with E-state index in [0.717, 1.165) is 5.56 Å². The van der Waals surface area contributed by atoms with Crippen molar-refractivity contribution in [1.82, 2.24) is 29.5 Å². The number of rotatable bonds is 4. The van der Waals surface area contributed by atoms with Crippen LogP contribution in [0.15, 0.2) is 59.9 Å². The average molecular weight is 417 g/mol. The van der Waals surface area contributed by atoms with Crippen LogP contribution in [0.4, 0.5) is 10.1 Å². The van der Waals surface area contributed by atoms with Crippen LogP contribution in [0.2, 0.25) is 0 Å². The first-order valence-electron chi connectivity index (χ1n) is 9.35. The van der Waals surface area contributed by atoms with Crippen LogP contribution in [0.25, 0.3) is 28.0 Å². The van der Waals surface area contributed by atoms with E-state index in [0.29, 0.717) is 33.7 Å². The van der Waals surface area contributed by atoms with Gasteiger partial charge in [-0.25, -0.2) is 14.4 Å². The zero-order valence-electron chi connectivity index (χ0n) is 16.6. The van der Waals surface area contributed by atoms with Gasteiger partial charge in [-0.1, -0.05) is 5.16 Å². The molecule has 0 bridgehead atoms. The Balaban J connectivity index is 1.52. The number of halogens is 1. The molecule has 31 heavy (non-hydrogen) atoms. The van der Waals surface area contributed by atoms with Crippen molar-refractivity contribution in [1.29, 1.82) is 0 Å². The van der Waals surface area contributed by atoms with Crippen LogP contribution in [-0.2, 0) is 7.05 Å². The third-order valence-corrected chi connectivity index (χ3v) is 4.85. The average Bonchev–Trinajstić information content (AvgIpc) is 3.50. The van der Waals surface area contributed by atoms with E-state index >= 15 is 0 Å². The molecule has 0 saturated heterocycles. The number of fused-ring (bicyclic) bond motifs is 1. The molecule has 0 fully saturated rings. The molecular weight excluding hydrogens is 401 g/mol. The first-order chi connectivity index (χ1) is 15.0. The number of aromatic nitrogens is 6. The molecule has 0 aliphatic carbocycles. The van der Waals surface area contributed by atoms with Gasteiger partial charge in [0.1, 0.15) is 5.82 Å². The fourth-order valence-corrected chi connectivity index (χ4v) is 3.37. The van der Waals surface area contributed by atoms with Gasteiger partial charge in [0.05, 0.1) is 40.5 Å². The lowest BCUT2D eigenvalue weighted by Crippen LogP contribution is -2.13. The molecule has 4 aromatic heterocycles. The molecule has 1 amide bonds. The minimum atomic E-state index is -0.493. The molecular formula is C21H16FN7O2. The Bertz CT molecular complexity index is 1420. The lowest BCUT2D eigenvalue weighted by Gasteiger charge is -2.10. The number of anilines is 1. The van der Waals surface area contributed by atoms with E-state index < -0.39 is 11.7 Å². The Kier molecular flexibility index (Phi) is 4.32. The summed E-state index contributed by atoms with van der Waals surface area (Å²) in [5.74, 6) is -0.925. The Morgan fingerprint density at radius 2 is 2.13 bits per heavy atom. The van der Waals surface area contributed by atoms with Crippen molar-refractivity contribution in [2.45, 2.75) is 6.92 Å². The standard InChI is InChI=1S/C21H16FN7O2/c1-12-19-15(8-17(26-21(19)31-27-12)13-9-24-28(2)10-13)20(30)25-14-3-4-18(16(22)7-14)29-6-5-23-11-29/h3-11H,1-2H3,(H,25,30). The van der Waals surface area contributed by atoms with Crippen molar-refractivity contribution in [3.05, 3.63) is 72.5 Å². The van der Waals surface area contributed by atoms with Crippen LogP contribution in [0.5, 0.6) is 0 Å². The molecule has 0 aliphatic heterocycles. The van der Waals surface area contributed by atoms with Crippen molar-refractivity contribution >= 4 is 22.7 Å². The maximum Gasteiger partial charge on any atom is 0.259 e. The van der Waals surface area contributed by atoms with Crippen molar-refractivity contribution in [2.75, 3.05) is 5.32 Å². The normalized spacial score (nSPS) is 11.2. The van der Waals surface area contributed by atoms with Gasteiger partial charge in [-0.3, -0.25) is 9.48 Å². The van der Waals surface area contributed by atoms with E-state index in [9.17, 15) is 9.18 Å². The molecule has 0 radical (unpaired) electrons. The number of nitrogens with one attached hydrogen (secondary N) is 1. The highest BCUT2D eigenvalue weighted by molar-refractivity contribution is 6.13. The van der Waals surface area contributed by atoms with Gasteiger partial charge in [-0.15, -0.1) is 0 Å². The van der Waals surface area contributed by atoms with Crippen molar-refractivity contribution < 1.29 is 13.7 Å². The Morgan fingerprint density at radius 1 is 1.26 bits per heavy atom. The second-order valence-electron chi connectivity index (χ2n) is 7.00. The summed E-state index contributed by atoms with van der Waals surface area (Å²) in [7, 11) is 1.79. The predicted molar refractivity (Wildman–Crippen MR) is 110 cm³/mol. The lowest BCUT2D eigenvalue weighted by molar-refractivity contribution is 0.102. The molecule has 0 atom stereocenters. The number of aryl methyl sites for hydroxylation is 2. The highest BCUT2D eigenvalue weighted by Gasteiger charge is 2.20. The summed E-state index contributed by atoms with van der Waals surface area (Å²) in [6.45, 7) is 1.73. The van der Waals surface area contributed by atoms with E-state index in [4.69, 9.17) is 4.52 Å². The van der Waals surface area contributed by atoms with E-state index in [1.807, 2.05) is 0 Å². The van der Waals surface area contributed by atoms with Crippen LogP contribution in [0, 0.1) is 12.7 Å². The largest absolute Gasteiger partial charge is 0.335 e. The molecule has 5 aromatic rings. The predicted octanol–water partition coefficient (Wildman–Crippen LogP) is 3.51. The summed E-state index contributed by atoms with van der Waals surface area (Å²) >= 11 is 0. The van der Waals surface area contributed by atoms with Crippen molar-refractivity contribution in [3.63, 3.8) is 0 Å². The number of carbonyl (C=O) groups is 1. The van der Waals surface area contributed by atoms with Gasteiger partial charge in [0.2, 0.25) is 0 Å². The van der Waals surface area contributed by atoms with E-state index in [2.05, 4.69) is 25.5 Å². The quantitative estimate of drug-likeness (QED) is 0.480. The Labute approximate surface area is 175 Å². The number of amides is 1. The molecule has 1 aromatic carbocycles. The van der Waals surface area contributed by atoms with Gasteiger partial charge >= 0.3 is 0 Å². The van der Waals surface area contributed by atoms with Gasteiger partial charge < -0.3 is 14.4 Å². The van der Waals surface area contributed by atoms with Gasteiger partial charge in [-0.2, -0.15) is 5.10 Å². The van der Waals surface area contributed by atoms with Crippen LogP contribution < -0.4 is 5.32 Å². The number of hydrogen-bond donors (Lipinski definition) is 1. The molecule has 0 aliphatic rings. The molecule has 10 heteroatoms. The first kappa shape index (κ1) is 18.7. The molecule has 154 valence electrons. The maximum absolute atomic E-state index is 14.6. The fraction of sp³-hybridized carbons (Fsp3) is 0.0952. The minimum absolute atomic E-state index is 0.241. The van der Waals surface area contributed by atoms with Gasteiger partial charge in [0, 0.05) is 36.9 Å². The molecule has 5 rings (SSSR count). The number of benzene rings is 1. The molecule has 9 nitrogen and oxygen atoms in total. The third-order valence-electron chi connectivity index (χ3n) is 4.85. The van der Waals surface area contributed by atoms with Crippen LogP contribution in [0.3, 0.4) is 0 Å². The Hall–Kier alpha value is -4.34. The smallest absolute Gasteiger partial charge is 0.259 e. The monoisotopic (exact) mass is 417 g/mol. The van der Waals surface area contributed by atoms with Crippen LogP contribution in [-0.4, -0.2) is 35.4 Å². The summed E-state index contributed by atoms with van der Waals surface area (Å²) in [6.07, 6.45) is 8.12. The summed E-state index contributed by atoms with van der Waals surface area (Å²) in [5, 5.41) is 11.3. The summed E-state index contributed by atoms with van der Waals surface area (Å²) in [5.41, 5.74) is 2.98. The highest BCUT2D eigenvalue weighted by Crippen LogP contribution is 2.28. The second kappa shape index (κ2) is 7.17. The maximum atomic E-state index is 14.6. The summed E-state index contributed by atoms with van der Waals surface area (Å²) in [4.78, 5) is 21.5. The number of carbonyl (C=O) groups excluding carboxylic acids is 1. The Morgan fingerprint density at radius 3 is 2.84 bits per heavy atom. The molecule has 0 saturated carbocycles. The van der Waals surface area contributed by atoms with Gasteiger partial charge in [-0.05, 0) is 31.2 Å². The highest BCUT2D eigenvalue weighted by atomic mass is 19.1. The number of pyridine rings is 1. The lowest BCUT2D eigenvalue weighted by atomic mass is 10.1. The number of nitrogens with zero attached hydrogens (tertiary/aromatic N) is 6. The molecule has 1 N–H and O–H groups in total. The zero-order chi connectivity index (χ0) is 21.5. The van der Waals surface area contributed by atoms with Crippen molar-refractivity contribution in [2.24, 2.45) is 7.05 Å².